The van der Waals surface area contributed by atoms with Crippen molar-refractivity contribution in [1.29, 1.82) is 0 Å². The molecule has 6 heteroatoms. The van der Waals surface area contributed by atoms with Gasteiger partial charge in [0.1, 0.15) is 12.1 Å². The maximum absolute atomic E-state index is 14.3. The SMILES string of the molecule is C/C(=C\C(C)C=O)NC(=O)c1cc(Br)c2occc2c1F. The molecule has 0 spiro atoms. The average Bonchev–Trinajstić information content (AvgIpc) is 2.92. The van der Waals surface area contributed by atoms with Crippen LogP contribution in [0.1, 0.15) is 24.2 Å². The number of carbonyl (C=O) groups is 2. The van der Waals surface area contributed by atoms with Gasteiger partial charge in [0.2, 0.25) is 0 Å². The maximum Gasteiger partial charge on any atom is 0.258 e. The van der Waals surface area contributed by atoms with E-state index in [-0.39, 0.29) is 16.9 Å². The molecular formula is C15H13BrFNO3. The van der Waals surface area contributed by atoms with E-state index in [1.165, 1.54) is 18.4 Å². The zero-order valence-electron chi connectivity index (χ0n) is 11.4. The Morgan fingerprint density at radius 3 is 2.90 bits per heavy atom. The predicted molar refractivity (Wildman–Crippen MR) is 80.3 cm³/mol. The van der Waals surface area contributed by atoms with Crippen molar-refractivity contribution in [1.82, 2.24) is 5.32 Å². The Balaban J connectivity index is 2.34. The lowest BCUT2D eigenvalue weighted by atomic mass is 10.1. The van der Waals surface area contributed by atoms with Crippen LogP contribution in [0.3, 0.4) is 0 Å². The summed E-state index contributed by atoms with van der Waals surface area (Å²) < 4.78 is 19.9. The highest BCUT2D eigenvalue weighted by Gasteiger charge is 2.18. The van der Waals surface area contributed by atoms with Crippen molar-refractivity contribution in [3.8, 4) is 0 Å². The molecule has 1 heterocycles. The number of halogens is 2. The van der Waals surface area contributed by atoms with Crippen LogP contribution in [0.2, 0.25) is 0 Å². The number of carbonyl (C=O) groups excluding carboxylic acids is 2. The first-order valence-electron chi connectivity index (χ1n) is 6.24. The highest BCUT2D eigenvalue weighted by molar-refractivity contribution is 9.10. The molecular weight excluding hydrogens is 341 g/mol. The second-order valence-electron chi connectivity index (χ2n) is 4.68. The second-order valence-corrected chi connectivity index (χ2v) is 5.54. The summed E-state index contributed by atoms with van der Waals surface area (Å²) >= 11 is 3.25. The molecule has 0 saturated heterocycles. The van der Waals surface area contributed by atoms with E-state index in [4.69, 9.17) is 4.42 Å². The molecule has 1 amide bonds. The number of allylic oxidation sites excluding steroid dienone is 2. The minimum atomic E-state index is -0.643. The summed E-state index contributed by atoms with van der Waals surface area (Å²) in [6.45, 7) is 3.33. The molecule has 2 aromatic rings. The standard InChI is InChI=1S/C15H13BrFNO3/c1-8(7-19)5-9(2)18-15(20)11-6-12(16)14-10(13(11)17)3-4-21-14/h3-8H,1-2H3,(H,18,20)/b9-5+. The van der Waals surface area contributed by atoms with Crippen molar-refractivity contribution >= 4 is 39.1 Å². The molecule has 0 saturated carbocycles. The van der Waals surface area contributed by atoms with Gasteiger partial charge < -0.3 is 14.5 Å². The second kappa shape index (κ2) is 6.22. The third-order valence-electron chi connectivity index (χ3n) is 2.91. The van der Waals surface area contributed by atoms with Crippen molar-refractivity contribution in [2.75, 3.05) is 0 Å². The van der Waals surface area contributed by atoms with E-state index in [1.807, 2.05) is 0 Å². The van der Waals surface area contributed by atoms with Gasteiger partial charge in [0.25, 0.3) is 5.91 Å². The lowest BCUT2D eigenvalue weighted by Crippen LogP contribution is -2.23. The van der Waals surface area contributed by atoms with Crippen LogP contribution >= 0.6 is 15.9 Å². The minimum absolute atomic E-state index is 0.0951. The van der Waals surface area contributed by atoms with Crippen molar-refractivity contribution in [3.05, 3.63) is 46.0 Å². The Hall–Kier alpha value is -1.95. The number of fused-ring (bicyclic) bond motifs is 1. The predicted octanol–water partition coefficient (Wildman–Crippen LogP) is 3.80. The average molecular weight is 354 g/mol. The van der Waals surface area contributed by atoms with Gasteiger partial charge in [0.05, 0.1) is 21.7 Å². The fraction of sp³-hybridized carbons (Fsp3) is 0.200. The fourth-order valence-electron chi connectivity index (χ4n) is 1.95. The molecule has 110 valence electrons. The summed E-state index contributed by atoms with van der Waals surface area (Å²) in [4.78, 5) is 22.7. The Morgan fingerprint density at radius 2 is 2.24 bits per heavy atom. The van der Waals surface area contributed by atoms with Crippen LogP contribution in [0.4, 0.5) is 4.39 Å². The van der Waals surface area contributed by atoms with Gasteiger partial charge in [-0.25, -0.2) is 4.39 Å². The van der Waals surface area contributed by atoms with Gasteiger partial charge in [0, 0.05) is 11.6 Å². The van der Waals surface area contributed by atoms with Gasteiger partial charge in [-0.05, 0) is 35.0 Å². The summed E-state index contributed by atoms with van der Waals surface area (Å²) in [5, 5.41) is 2.79. The molecule has 0 aliphatic heterocycles. The van der Waals surface area contributed by atoms with E-state index in [0.29, 0.717) is 15.8 Å². The summed E-state index contributed by atoms with van der Waals surface area (Å²) in [7, 11) is 0. The van der Waals surface area contributed by atoms with Gasteiger partial charge >= 0.3 is 0 Å². The van der Waals surface area contributed by atoms with E-state index in [0.717, 1.165) is 6.29 Å². The normalized spacial score (nSPS) is 13.2. The maximum atomic E-state index is 14.3. The number of benzene rings is 1. The highest BCUT2D eigenvalue weighted by Crippen LogP contribution is 2.30. The summed E-state index contributed by atoms with van der Waals surface area (Å²) in [5.74, 6) is -1.54. The first-order valence-corrected chi connectivity index (χ1v) is 7.03. The number of aldehydes is 1. The van der Waals surface area contributed by atoms with Crippen LogP contribution in [-0.4, -0.2) is 12.2 Å². The molecule has 0 bridgehead atoms. The molecule has 2 rings (SSSR count). The van der Waals surface area contributed by atoms with Crippen molar-refractivity contribution in [3.63, 3.8) is 0 Å². The van der Waals surface area contributed by atoms with Gasteiger partial charge in [-0.2, -0.15) is 0 Å². The topological polar surface area (TPSA) is 59.3 Å². The fourth-order valence-corrected chi connectivity index (χ4v) is 2.49. The zero-order valence-corrected chi connectivity index (χ0v) is 13.0. The molecule has 4 nitrogen and oxygen atoms in total. The number of nitrogens with one attached hydrogen (secondary N) is 1. The molecule has 0 fully saturated rings. The Bertz CT molecular complexity index is 736. The third kappa shape index (κ3) is 3.21. The van der Waals surface area contributed by atoms with Gasteiger partial charge in [-0.3, -0.25) is 4.79 Å². The van der Waals surface area contributed by atoms with E-state index >= 15 is 0 Å². The lowest BCUT2D eigenvalue weighted by Gasteiger charge is -2.08. The van der Waals surface area contributed by atoms with Crippen LogP contribution in [0.5, 0.6) is 0 Å². The monoisotopic (exact) mass is 353 g/mol. The molecule has 0 aliphatic carbocycles. The van der Waals surface area contributed by atoms with Crippen LogP contribution in [0.25, 0.3) is 11.0 Å². The molecule has 1 atom stereocenters. The first-order chi connectivity index (χ1) is 9.93. The zero-order chi connectivity index (χ0) is 15.6. The summed E-state index contributed by atoms with van der Waals surface area (Å²) in [5.41, 5.74) is 0.746. The first kappa shape index (κ1) is 15.4. The molecule has 1 aromatic heterocycles. The van der Waals surface area contributed by atoms with Gasteiger partial charge in [-0.15, -0.1) is 0 Å². The molecule has 1 N–H and O–H groups in total. The number of furan rings is 1. The summed E-state index contributed by atoms with van der Waals surface area (Å²) in [6.07, 6.45) is 3.70. The molecule has 1 unspecified atom stereocenters. The minimum Gasteiger partial charge on any atom is -0.463 e. The Morgan fingerprint density at radius 1 is 1.52 bits per heavy atom. The van der Waals surface area contributed by atoms with Crippen molar-refractivity contribution < 1.29 is 18.4 Å². The van der Waals surface area contributed by atoms with Gasteiger partial charge in [0.15, 0.2) is 5.58 Å². The smallest absolute Gasteiger partial charge is 0.258 e. The summed E-state index contributed by atoms with van der Waals surface area (Å²) in [6, 6.07) is 2.83. The molecule has 1 aromatic carbocycles. The quantitative estimate of drug-likeness (QED) is 0.850. The number of amides is 1. The molecule has 21 heavy (non-hydrogen) atoms. The number of hydrogen-bond donors (Lipinski definition) is 1. The van der Waals surface area contributed by atoms with Crippen LogP contribution in [0.15, 0.2) is 39.1 Å². The Kier molecular flexibility index (Phi) is 4.57. The largest absolute Gasteiger partial charge is 0.463 e. The lowest BCUT2D eigenvalue weighted by molar-refractivity contribution is -0.109. The van der Waals surface area contributed by atoms with E-state index in [1.54, 1.807) is 19.9 Å². The van der Waals surface area contributed by atoms with Crippen LogP contribution in [-0.2, 0) is 4.79 Å². The highest BCUT2D eigenvalue weighted by atomic mass is 79.9. The number of hydrogen-bond acceptors (Lipinski definition) is 3. The van der Waals surface area contributed by atoms with Crippen molar-refractivity contribution in [2.24, 2.45) is 5.92 Å². The van der Waals surface area contributed by atoms with E-state index < -0.39 is 11.7 Å². The van der Waals surface area contributed by atoms with Crippen LogP contribution < -0.4 is 5.32 Å². The van der Waals surface area contributed by atoms with Crippen LogP contribution in [0, 0.1) is 11.7 Å². The molecule has 0 aliphatic rings. The number of rotatable bonds is 4. The third-order valence-corrected chi connectivity index (χ3v) is 3.50. The van der Waals surface area contributed by atoms with Crippen molar-refractivity contribution in [2.45, 2.75) is 13.8 Å². The molecule has 0 radical (unpaired) electrons. The van der Waals surface area contributed by atoms with E-state index in [9.17, 15) is 14.0 Å². The van der Waals surface area contributed by atoms with E-state index in [2.05, 4.69) is 21.2 Å². The Labute approximate surface area is 129 Å². The van der Waals surface area contributed by atoms with Gasteiger partial charge in [-0.1, -0.05) is 13.0 Å².